The number of thiazole rings is 1. The van der Waals surface area contributed by atoms with Gasteiger partial charge in [-0.15, -0.1) is 11.3 Å². The predicted octanol–water partition coefficient (Wildman–Crippen LogP) is 2.71. The van der Waals surface area contributed by atoms with Gasteiger partial charge in [0.1, 0.15) is 11.3 Å². The fourth-order valence-corrected chi connectivity index (χ4v) is 4.23. The van der Waals surface area contributed by atoms with E-state index in [1.807, 2.05) is 29.6 Å². The number of nitrogens with zero attached hydrogens (tertiary/aromatic N) is 4. The maximum absolute atomic E-state index is 13.0. The number of anilines is 1. The molecule has 7 nitrogen and oxygen atoms in total. The van der Waals surface area contributed by atoms with Crippen molar-refractivity contribution in [3.63, 3.8) is 0 Å². The third-order valence-electron chi connectivity index (χ3n) is 4.95. The molecule has 0 bridgehead atoms. The zero-order valence-corrected chi connectivity index (χ0v) is 16.5. The number of pyridine rings is 1. The Balaban J connectivity index is 1.51. The summed E-state index contributed by atoms with van der Waals surface area (Å²) in [7, 11) is 3.38. The largest absolute Gasteiger partial charge is 0.494 e. The van der Waals surface area contributed by atoms with E-state index < -0.39 is 0 Å². The van der Waals surface area contributed by atoms with E-state index >= 15 is 0 Å². The maximum Gasteiger partial charge on any atom is 0.229 e. The number of benzene rings is 1. The minimum Gasteiger partial charge on any atom is -0.494 e. The monoisotopic (exact) mass is 396 g/mol. The second kappa shape index (κ2) is 7.55. The van der Waals surface area contributed by atoms with Crippen LogP contribution in [0.5, 0.6) is 5.75 Å². The molecule has 0 radical (unpaired) electrons. The van der Waals surface area contributed by atoms with Gasteiger partial charge in [0.05, 0.1) is 13.0 Å². The van der Waals surface area contributed by atoms with Gasteiger partial charge in [0.25, 0.3) is 0 Å². The zero-order valence-electron chi connectivity index (χ0n) is 15.7. The van der Waals surface area contributed by atoms with E-state index in [4.69, 9.17) is 4.74 Å². The van der Waals surface area contributed by atoms with E-state index in [1.165, 1.54) is 11.3 Å². The van der Waals surface area contributed by atoms with Crippen molar-refractivity contribution in [2.45, 2.75) is 13.0 Å². The second-order valence-corrected chi connectivity index (χ2v) is 7.61. The molecule has 3 heterocycles. The minimum atomic E-state index is -0.357. The molecule has 144 valence electrons. The summed E-state index contributed by atoms with van der Waals surface area (Å²) in [5.74, 6) is 0.249. The first-order valence-electron chi connectivity index (χ1n) is 8.94. The van der Waals surface area contributed by atoms with Crippen molar-refractivity contribution < 1.29 is 14.3 Å². The summed E-state index contributed by atoms with van der Waals surface area (Å²) in [5, 5.41) is 3.43. The van der Waals surface area contributed by atoms with Crippen LogP contribution in [0.1, 0.15) is 12.0 Å². The number of hydrogen-bond acceptors (Lipinski definition) is 6. The van der Waals surface area contributed by atoms with Gasteiger partial charge in [-0.3, -0.25) is 19.5 Å². The highest BCUT2D eigenvalue weighted by molar-refractivity contribution is 7.13. The Kier molecular flexibility index (Phi) is 4.95. The Hall–Kier alpha value is -3.00. The number of methoxy groups -OCH3 is 1. The SMILES string of the molecule is COc1ccc(CN(C)C(=O)C2CC(=O)N(c3nccs3)C2)c2cccnc12. The van der Waals surface area contributed by atoms with Crippen LogP contribution in [-0.2, 0) is 16.1 Å². The van der Waals surface area contributed by atoms with Crippen LogP contribution in [0.4, 0.5) is 5.13 Å². The predicted molar refractivity (Wildman–Crippen MR) is 107 cm³/mol. The number of carbonyl (C=O) groups is 2. The average molecular weight is 396 g/mol. The standard InChI is InChI=1S/C20H20N4O3S/c1-23(11-13-5-6-16(27-2)18-15(13)4-3-7-21-18)19(26)14-10-17(25)24(12-14)20-22-8-9-28-20/h3-9,14H,10-12H2,1-2H3. The third-order valence-corrected chi connectivity index (χ3v) is 5.75. The Morgan fingerprint density at radius 1 is 1.32 bits per heavy atom. The molecule has 2 aromatic heterocycles. The van der Waals surface area contributed by atoms with Crippen LogP contribution in [0.2, 0.25) is 0 Å². The van der Waals surface area contributed by atoms with Crippen molar-refractivity contribution in [1.82, 2.24) is 14.9 Å². The highest BCUT2D eigenvalue weighted by atomic mass is 32.1. The fourth-order valence-electron chi connectivity index (χ4n) is 3.56. The van der Waals surface area contributed by atoms with Crippen molar-refractivity contribution in [3.8, 4) is 5.75 Å². The van der Waals surface area contributed by atoms with Crippen LogP contribution < -0.4 is 9.64 Å². The van der Waals surface area contributed by atoms with Gasteiger partial charge >= 0.3 is 0 Å². The van der Waals surface area contributed by atoms with Gasteiger partial charge in [0.2, 0.25) is 11.8 Å². The number of carbonyl (C=O) groups excluding carboxylic acids is 2. The Labute approximate surface area is 166 Å². The summed E-state index contributed by atoms with van der Waals surface area (Å²) >= 11 is 1.40. The lowest BCUT2D eigenvalue weighted by Crippen LogP contribution is -2.34. The molecule has 2 amide bonds. The molecular weight excluding hydrogens is 376 g/mol. The van der Waals surface area contributed by atoms with E-state index in [9.17, 15) is 9.59 Å². The molecule has 0 N–H and O–H groups in total. The molecule has 1 atom stereocenters. The highest BCUT2D eigenvalue weighted by Crippen LogP contribution is 2.30. The molecule has 3 aromatic rings. The Morgan fingerprint density at radius 3 is 2.93 bits per heavy atom. The summed E-state index contributed by atoms with van der Waals surface area (Å²) in [6.45, 7) is 0.813. The van der Waals surface area contributed by atoms with Crippen molar-refractivity contribution in [2.24, 2.45) is 5.92 Å². The number of amides is 2. The van der Waals surface area contributed by atoms with Crippen LogP contribution in [0.25, 0.3) is 10.9 Å². The van der Waals surface area contributed by atoms with E-state index in [-0.39, 0.29) is 24.2 Å². The maximum atomic E-state index is 13.0. The summed E-state index contributed by atoms with van der Waals surface area (Å²) in [5.41, 5.74) is 1.76. The Morgan fingerprint density at radius 2 is 2.18 bits per heavy atom. The molecule has 1 aliphatic rings. The minimum absolute atomic E-state index is 0.0414. The zero-order chi connectivity index (χ0) is 19.7. The lowest BCUT2D eigenvalue weighted by Gasteiger charge is -2.22. The van der Waals surface area contributed by atoms with E-state index in [0.717, 1.165) is 16.5 Å². The summed E-state index contributed by atoms with van der Waals surface area (Å²) in [6, 6.07) is 7.66. The van der Waals surface area contributed by atoms with Crippen molar-refractivity contribution in [3.05, 3.63) is 47.6 Å². The van der Waals surface area contributed by atoms with E-state index in [1.54, 1.807) is 36.4 Å². The smallest absolute Gasteiger partial charge is 0.229 e. The topological polar surface area (TPSA) is 75.6 Å². The molecule has 1 aliphatic heterocycles. The van der Waals surface area contributed by atoms with Crippen LogP contribution in [-0.4, -0.2) is 47.4 Å². The molecule has 4 rings (SSSR count). The molecule has 0 spiro atoms. The number of ether oxygens (including phenoxy) is 1. The molecule has 1 aromatic carbocycles. The van der Waals surface area contributed by atoms with Crippen LogP contribution >= 0.6 is 11.3 Å². The lowest BCUT2D eigenvalue weighted by molar-refractivity contribution is -0.135. The first kappa shape index (κ1) is 18.4. The molecule has 1 fully saturated rings. The van der Waals surface area contributed by atoms with Gasteiger partial charge in [-0.2, -0.15) is 0 Å². The average Bonchev–Trinajstić information content (AvgIpc) is 3.37. The normalized spacial score (nSPS) is 16.6. The first-order valence-corrected chi connectivity index (χ1v) is 9.82. The van der Waals surface area contributed by atoms with Crippen molar-refractivity contribution >= 4 is 39.2 Å². The van der Waals surface area contributed by atoms with Crippen LogP contribution in [0.15, 0.2) is 42.0 Å². The molecule has 0 aliphatic carbocycles. The lowest BCUT2D eigenvalue weighted by atomic mass is 10.0. The first-order chi connectivity index (χ1) is 13.6. The van der Waals surface area contributed by atoms with Gasteiger partial charge in [0, 0.05) is 49.7 Å². The number of aromatic nitrogens is 2. The number of hydrogen-bond donors (Lipinski definition) is 0. The van der Waals surface area contributed by atoms with E-state index in [2.05, 4.69) is 9.97 Å². The van der Waals surface area contributed by atoms with Gasteiger partial charge in [-0.05, 0) is 17.7 Å². The highest BCUT2D eigenvalue weighted by Gasteiger charge is 2.37. The summed E-state index contributed by atoms with van der Waals surface area (Å²) < 4.78 is 5.38. The van der Waals surface area contributed by atoms with Crippen molar-refractivity contribution in [1.29, 1.82) is 0 Å². The van der Waals surface area contributed by atoms with Gasteiger partial charge in [-0.1, -0.05) is 12.1 Å². The van der Waals surface area contributed by atoms with Crippen LogP contribution in [0, 0.1) is 5.92 Å². The molecule has 1 unspecified atom stereocenters. The molecule has 8 heteroatoms. The van der Waals surface area contributed by atoms with Crippen LogP contribution in [0.3, 0.4) is 0 Å². The van der Waals surface area contributed by atoms with E-state index in [0.29, 0.717) is 24.0 Å². The number of rotatable bonds is 5. The fraction of sp³-hybridized carbons (Fsp3) is 0.300. The van der Waals surface area contributed by atoms with Gasteiger partial charge in [-0.25, -0.2) is 4.98 Å². The summed E-state index contributed by atoms with van der Waals surface area (Å²) in [4.78, 5) is 37.1. The van der Waals surface area contributed by atoms with Gasteiger partial charge in [0.15, 0.2) is 5.13 Å². The third kappa shape index (κ3) is 3.31. The van der Waals surface area contributed by atoms with Gasteiger partial charge < -0.3 is 9.64 Å². The number of fused-ring (bicyclic) bond motifs is 1. The Bertz CT molecular complexity index is 1020. The van der Waals surface area contributed by atoms with Crippen molar-refractivity contribution in [2.75, 3.05) is 25.6 Å². The molecule has 0 saturated carbocycles. The molecule has 28 heavy (non-hydrogen) atoms. The molecule has 1 saturated heterocycles. The molecular formula is C20H20N4O3S. The summed E-state index contributed by atoms with van der Waals surface area (Å²) in [6.07, 6.45) is 3.60. The quantitative estimate of drug-likeness (QED) is 0.663. The second-order valence-electron chi connectivity index (χ2n) is 6.74.